The molecule has 0 bridgehead atoms. The Hall–Kier alpha value is -0.550. The summed E-state index contributed by atoms with van der Waals surface area (Å²) in [6, 6.07) is 1.71. The molecule has 0 aromatic carbocycles. The second-order valence-electron chi connectivity index (χ2n) is 4.60. The van der Waals surface area contributed by atoms with Crippen LogP contribution in [0.3, 0.4) is 0 Å². The normalized spacial score (nSPS) is 28.0. The summed E-state index contributed by atoms with van der Waals surface area (Å²) < 4.78 is 38.7. The van der Waals surface area contributed by atoms with E-state index in [9.17, 15) is 18.3 Å². The van der Waals surface area contributed by atoms with Crippen molar-refractivity contribution in [1.29, 1.82) is 0 Å². The average molecular weight is 264 g/mol. The van der Waals surface area contributed by atoms with Crippen molar-refractivity contribution in [1.82, 2.24) is 0 Å². The van der Waals surface area contributed by atoms with E-state index in [2.05, 4.69) is 0 Å². The zero-order chi connectivity index (χ0) is 12.5. The van der Waals surface area contributed by atoms with Crippen molar-refractivity contribution >= 4 is 11.3 Å². The third kappa shape index (κ3) is 2.83. The summed E-state index contributed by atoms with van der Waals surface area (Å²) in [5.41, 5.74) is 0.621. The molecule has 1 saturated carbocycles. The molecular formula is C12H15F3OS. The molecule has 3 atom stereocenters. The van der Waals surface area contributed by atoms with Crippen molar-refractivity contribution in [2.24, 2.45) is 11.8 Å². The Balaban J connectivity index is 2.16. The maximum atomic E-state index is 12.9. The lowest BCUT2D eigenvalue weighted by molar-refractivity contribution is -0.207. The standard InChI is InChI=1S/C12H15F3OS/c13-12(14,15)10-4-2-1-3-9(10)11(16)8-5-6-17-7-8/h5-7,9-11,16H,1-4H2. The van der Waals surface area contributed by atoms with Gasteiger partial charge in [-0.05, 0) is 35.2 Å². The molecule has 0 saturated heterocycles. The number of hydrogen-bond acceptors (Lipinski definition) is 2. The van der Waals surface area contributed by atoms with Gasteiger partial charge in [0, 0.05) is 5.92 Å². The first-order valence-corrected chi connectivity index (χ1v) is 6.71. The molecule has 0 amide bonds. The van der Waals surface area contributed by atoms with Crippen molar-refractivity contribution in [3.8, 4) is 0 Å². The Kier molecular flexibility index (Phi) is 3.78. The van der Waals surface area contributed by atoms with E-state index in [-0.39, 0.29) is 6.42 Å². The molecular weight excluding hydrogens is 249 g/mol. The van der Waals surface area contributed by atoms with E-state index in [1.165, 1.54) is 11.3 Å². The van der Waals surface area contributed by atoms with Crippen LogP contribution in [-0.2, 0) is 0 Å². The third-order valence-electron chi connectivity index (χ3n) is 3.53. The largest absolute Gasteiger partial charge is 0.392 e. The second kappa shape index (κ2) is 4.98. The van der Waals surface area contributed by atoms with Gasteiger partial charge in [-0.15, -0.1) is 0 Å². The Morgan fingerprint density at radius 2 is 2.00 bits per heavy atom. The molecule has 1 aromatic heterocycles. The molecule has 1 aliphatic carbocycles. The Bertz CT molecular complexity index is 347. The monoisotopic (exact) mass is 264 g/mol. The Labute approximate surface area is 102 Å². The summed E-state index contributed by atoms with van der Waals surface area (Å²) in [6.45, 7) is 0. The van der Waals surface area contributed by atoms with Crippen LogP contribution in [0, 0.1) is 11.8 Å². The second-order valence-corrected chi connectivity index (χ2v) is 5.38. The SMILES string of the molecule is OC(c1ccsc1)C1CCCCC1C(F)(F)F. The first-order chi connectivity index (χ1) is 8.00. The van der Waals surface area contributed by atoms with Crippen LogP contribution in [0.4, 0.5) is 13.2 Å². The fourth-order valence-electron chi connectivity index (χ4n) is 2.63. The van der Waals surface area contributed by atoms with Gasteiger partial charge in [-0.25, -0.2) is 0 Å². The minimum absolute atomic E-state index is 0.148. The van der Waals surface area contributed by atoms with E-state index >= 15 is 0 Å². The van der Waals surface area contributed by atoms with Crippen LogP contribution in [0.15, 0.2) is 16.8 Å². The zero-order valence-corrected chi connectivity index (χ0v) is 10.1. The fraction of sp³-hybridized carbons (Fsp3) is 0.667. The van der Waals surface area contributed by atoms with Crippen molar-refractivity contribution in [3.05, 3.63) is 22.4 Å². The molecule has 1 N–H and O–H groups in total. The van der Waals surface area contributed by atoms with E-state index < -0.39 is 24.1 Å². The first-order valence-electron chi connectivity index (χ1n) is 5.77. The summed E-state index contributed by atoms with van der Waals surface area (Å²) in [5.74, 6) is -2.04. The highest BCUT2D eigenvalue weighted by Crippen LogP contribution is 2.46. The number of halogens is 3. The van der Waals surface area contributed by atoms with Gasteiger partial charge >= 0.3 is 6.18 Å². The lowest BCUT2D eigenvalue weighted by Crippen LogP contribution is -2.36. The quantitative estimate of drug-likeness (QED) is 0.850. The predicted molar refractivity (Wildman–Crippen MR) is 60.8 cm³/mol. The first kappa shape index (κ1) is 12.9. The highest BCUT2D eigenvalue weighted by Gasteiger charge is 2.47. The number of aliphatic hydroxyl groups excluding tert-OH is 1. The van der Waals surface area contributed by atoms with Crippen molar-refractivity contribution in [3.63, 3.8) is 0 Å². The van der Waals surface area contributed by atoms with Crippen LogP contribution >= 0.6 is 11.3 Å². The van der Waals surface area contributed by atoms with Crippen molar-refractivity contribution < 1.29 is 18.3 Å². The van der Waals surface area contributed by atoms with Gasteiger partial charge < -0.3 is 5.11 Å². The highest BCUT2D eigenvalue weighted by atomic mass is 32.1. The van der Waals surface area contributed by atoms with E-state index in [0.717, 1.165) is 6.42 Å². The van der Waals surface area contributed by atoms with Crippen LogP contribution in [0.5, 0.6) is 0 Å². The summed E-state index contributed by atoms with van der Waals surface area (Å²) in [6.07, 6.45) is -3.18. The number of alkyl halides is 3. The molecule has 1 aliphatic rings. The van der Waals surface area contributed by atoms with Crippen LogP contribution in [0.1, 0.15) is 37.4 Å². The molecule has 5 heteroatoms. The predicted octanol–water partition coefficient (Wildman–Crippen LogP) is 4.15. The summed E-state index contributed by atoms with van der Waals surface area (Å²) in [7, 11) is 0. The van der Waals surface area contributed by atoms with Gasteiger partial charge in [0.1, 0.15) is 0 Å². The minimum atomic E-state index is -4.19. The average Bonchev–Trinajstić information content (AvgIpc) is 2.80. The lowest BCUT2D eigenvalue weighted by atomic mass is 9.74. The van der Waals surface area contributed by atoms with Crippen molar-refractivity contribution in [2.45, 2.75) is 38.0 Å². The molecule has 1 fully saturated rings. The fourth-order valence-corrected chi connectivity index (χ4v) is 3.32. The van der Waals surface area contributed by atoms with E-state index in [1.807, 2.05) is 0 Å². The van der Waals surface area contributed by atoms with Gasteiger partial charge in [-0.1, -0.05) is 12.8 Å². The molecule has 3 unspecified atom stereocenters. The topological polar surface area (TPSA) is 20.2 Å². The molecule has 0 aliphatic heterocycles. The molecule has 0 radical (unpaired) electrons. The number of aliphatic hydroxyl groups is 1. The zero-order valence-electron chi connectivity index (χ0n) is 9.28. The van der Waals surface area contributed by atoms with Crippen LogP contribution < -0.4 is 0 Å². The maximum Gasteiger partial charge on any atom is 0.392 e. The van der Waals surface area contributed by atoms with E-state index in [0.29, 0.717) is 18.4 Å². The number of rotatable bonds is 2. The molecule has 17 heavy (non-hydrogen) atoms. The number of hydrogen-bond donors (Lipinski definition) is 1. The Morgan fingerprint density at radius 1 is 1.29 bits per heavy atom. The van der Waals surface area contributed by atoms with Gasteiger partial charge in [0.15, 0.2) is 0 Å². The van der Waals surface area contributed by atoms with Crippen LogP contribution in [-0.4, -0.2) is 11.3 Å². The smallest absolute Gasteiger partial charge is 0.388 e. The third-order valence-corrected chi connectivity index (χ3v) is 4.23. The lowest BCUT2D eigenvalue weighted by Gasteiger charge is -2.35. The van der Waals surface area contributed by atoms with Gasteiger partial charge in [-0.2, -0.15) is 24.5 Å². The molecule has 1 nitrogen and oxygen atoms in total. The summed E-state index contributed by atoms with van der Waals surface area (Å²) in [4.78, 5) is 0. The van der Waals surface area contributed by atoms with Gasteiger partial charge in [0.25, 0.3) is 0 Å². The maximum absolute atomic E-state index is 12.9. The van der Waals surface area contributed by atoms with Crippen molar-refractivity contribution in [2.75, 3.05) is 0 Å². The van der Waals surface area contributed by atoms with E-state index in [4.69, 9.17) is 0 Å². The number of thiophene rings is 1. The molecule has 0 spiro atoms. The molecule has 1 aromatic rings. The van der Waals surface area contributed by atoms with Crippen LogP contribution in [0.25, 0.3) is 0 Å². The van der Waals surface area contributed by atoms with E-state index in [1.54, 1.807) is 16.8 Å². The van der Waals surface area contributed by atoms with Gasteiger partial charge in [0.05, 0.1) is 12.0 Å². The molecule has 1 heterocycles. The summed E-state index contributed by atoms with van der Waals surface area (Å²) >= 11 is 1.40. The van der Waals surface area contributed by atoms with Gasteiger partial charge in [-0.3, -0.25) is 0 Å². The minimum Gasteiger partial charge on any atom is -0.388 e. The van der Waals surface area contributed by atoms with Crippen LogP contribution in [0.2, 0.25) is 0 Å². The Morgan fingerprint density at radius 3 is 2.59 bits per heavy atom. The highest BCUT2D eigenvalue weighted by molar-refractivity contribution is 7.07. The molecule has 2 rings (SSSR count). The van der Waals surface area contributed by atoms with Gasteiger partial charge in [0.2, 0.25) is 0 Å². The summed E-state index contributed by atoms with van der Waals surface area (Å²) in [5, 5.41) is 13.6. The molecule has 96 valence electrons.